The number of carbonyl (C=O) groups excluding carboxylic acids is 2. The lowest BCUT2D eigenvalue weighted by molar-refractivity contribution is -0.384. The maximum atomic E-state index is 12.6. The Labute approximate surface area is 158 Å². The Morgan fingerprint density at radius 3 is 2.48 bits per heavy atom. The van der Waals surface area contributed by atoms with Gasteiger partial charge in [0.2, 0.25) is 0 Å². The first-order valence-electron chi connectivity index (χ1n) is 7.84. The van der Waals surface area contributed by atoms with Crippen LogP contribution in [0.4, 0.5) is 11.4 Å². The summed E-state index contributed by atoms with van der Waals surface area (Å²) in [6.45, 7) is 1.28. The predicted molar refractivity (Wildman–Crippen MR) is 104 cm³/mol. The number of rotatable bonds is 5. The molecule has 136 valence electrons. The first kappa shape index (κ1) is 18.2. The second-order valence-electron chi connectivity index (χ2n) is 5.67. The van der Waals surface area contributed by atoms with Gasteiger partial charge in [-0.1, -0.05) is 12.1 Å². The Bertz CT molecular complexity index is 1140. The number of imidazole rings is 1. The Morgan fingerprint density at radius 1 is 1.19 bits per heavy atom. The summed E-state index contributed by atoms with van der Waals surface area (Å²) in [7, 11) is 0. The van der Waals surface area contributed by atoms with E-state index in [-0.39, 0.29) is 11.3 Å². The van der Waals surface area contributed by atoms with Gasteiger partial charge in [0.05, 0.1) is 21.5 Å². The number of hydrogen-bond donors (Lipinski definition) is 2. The minimum atomic E-state index is -0.636. The molecule has 2 aromatic carbocycles. The van der Waals surface area contributed by atoms with E-state index >= 15 is 0 Å². The van der Waals surface area contributed by atoms with Crippen molar-refractivity contribution in [1.29, 1.82) is 0 Å². The summed E-state index contributed by atoms with van der Waals surface area (Å²) in [4.78, 5) is 37.7. The molecule has 0 fully saturated rings. The lowest BCUT2D eigenvalue weighted by Crippen LogP contribution is -2.19. The molecule has 2 N–H and O–H groups in total. The monoisotopic (exact) mass is 382 g/mol. The Hall–Kier alpha value is -3.59. The van der Waals surface area contributed by atoms with Crippen molar-refractivity contribution in [3.63, 3.8) is 0 Å². The molecule has 0 aliphatic carbocycles. The number of Topliss-reactive ketones (excluding diaryl/α,β-unsaturated/α-hetero) is 1. The zero-order chi connectivity index (χ0) is 19.6. The average molecular weight is 382 g/mol. The van der Waals surface area contributed by atoms with Crippen molar-refractivity contribution < 1.29 is 14.5 Å². The Balaban J connectivity index is 1.95. The number of hydrogen-bond acceptors (Lipinski definition) is 5. The van der Waals surface area contributed by atoms with Crippen LogP contribution in [-0.4, -0.2) is 26.2 Å². The number of benzene rings is 2. The first-order chi connectivity index (χ1) is 12.9. The van der Waals surface area contributed by atoms with Crippen LogP contribution < -0.4 is 5.32 Å². The molecular weight excluding hydrogens is 368 g/mol. The van der Waals surface area contributed by atoms with Crippen LogP contribution in [0.1, 0.15) is 6.92 Å². The number of anilines is 1. The minimum absolute atomic E-state index is 0.0968. The van der Waals surface area contributed by atoms with Gasteiger partial charge in [0, 0.05) is 24.0 Å². The number of carbonyl (C=O) groups is 2. The third-order valence-corrected chi connectivity index (χ3v) is 4.14. The number of aromatic nitrogens is 2. The topological polar surface area (TPSA) is 110 Å². The van der Waals surface area contributed by atoms with E-state index in [0.29, 0.717) is 10.5 Å². The molecule has 3 aromatic rings. The largest absolute Gasteiger partial charge is 0.330 e. The fourth-order valence-electron chi connectivity index (χ4n) is 2.51. The van der Waals surface area contributed by atoms with Gasteiger partial charge in [0.15, 0.2) is 10.6 Å². The number of nitro groups is 1. The molecule has 1 amide bonds. The average Bonchev–Trinajstić information content (AvgIpc) is 2.94. The maximum absolute atomic E-state index is 12.6. The number of fused-ring (bicyclic) bond motifs is 1. The molecule has 0 unspecified atom stereocenters. The Morgan fingerprint density at radius 2 is 1.85 bits per heavy atom. The molecule has 0 saturated carbocycles. The van der Waals surface area contributed by atoms with Crippen molar-refractivity contribution in [3.05, 3.63) is 69.0 Å². The van der Waals surface area contributed by atoms with Gasteiger partial charge in [-0.3, -0.25) is 24.3 Å². The normalized spacial score (nSPS) is 11.4. The van der Waals surface area contributed by atoms with Crippen molar-refractivity contribution in [3.8, 4) is 0 Å². The molecular formula is C18H14N4O4S. The maximum Gasteiger partial charge on any atom is 0.269 e. The number of amides is 1. The number of nitrogens with one attached hydrogen (secondary N) is 2. The minimum Gasteiger partial charge on any atom is -0.330 e. The van der Waals surface area contributed by atoms with Gasteiger partial charge in [-0.15, -0.1) is 0 Å². The van der Waals surface area contributed by atoms with Gasteiger partial charge in [-0.25, -0.2) is 0 Å². The molecule has 0 atom stereocenters. The standard InChI is InChI=1S/C18H14N4O4S/c1-11(23)14(10-21-16-5-3-2-4-15(16)20-18(21)27)17(24)19-12-6-8-13(9-7-12)22(25)26/h2-10H,1H3,(H,19,24)(H,20,27)/b14-10-. The zero-order valence-electron chi connectivity index (χ0n) is 14.1. The van der Waals surface area contributed by atoms with Crippen LogP contribution in [-0.2, 0) is 9.59 Å². The van der Waals surface area contributed by atoms with Gasteiger partial charge >= 0.3 is 0 Å². The SMILES string of the molecule is CC(=O)/C(=C/n1c(=S)[nH]c2ccccc21)C(=O)Nc1ccc([N+](=O)[O-])cc1. The van der Waals surface area contributed by atoms with E-state index in [4.69, 9.17) is 12.2 Å². The molecule has 1 aromatic heterocycles. The third-order valence-electron chi connectivity index (χ3n) is 3.84. The van der Waals surface area contributed by atoms with Crippen LogP contribution in [0.3, 0.4) is 0 Å². The number of non-ortho nitro benzene ring substituents is 1. The highest BCUT2D eigenvalue weighted by molar-refractivity contribution is 7.71. The molecule has 9 heteroatoms. The summed E-state index contributed by atoms with van der Waals surface area (Å²) >= 11 is 5.27. The molecule has 0 bridgehead atoms. The summed E-state index contributed by atoms with van der Waals surface area (Å²) in [5.41, 5.74) is 1.64. The summed E-state index contributed by atoms with van der Waals surface area (Å²) in [6, 6.07) is 12.6. The smallest absolute Gasteiger partial charge is 0.269 e. The van der Waals surface area contributed by atoms with Crippen molar-refractivity contribution in [1.82, 2.24) is 9.55 Å². The molecule has 0 aliphatic rings. The first-order valence-corrected chi connectivity index (χ1v) is 8.25. The summed E-state index contributed by atoms with van der Waals surface area (Å²) < 4.78 is 1.90. The molecule has 0 radical (unpaired) electrons. The number of aromatic amines is 1. The quantitative estimate of drug-likeness (QED) is 0.175. The van der Waals surface area contributed by atoms with E-state index in [1.165, 1.54) is 37.4 Å². The highest BCUT2D eigenvalue weighted by atomic mass is 32.1. The van der Waals surface area contributed by atoms with Crippen LogP contribution in [0.25, 0.3) is 17.2 Å². The summed E-state index contributed by atoms with van der Waals surface area (Å²) in [5, 5.41) is 13.3. The number of ketones is 1. The van der Waals surface area contributed by atoms with Crippen LogP contribution in [0.5, 0.6) is 0 Å². The van der Waals surface area contributed by atoms with E-state index < -0.39 is 16.6 Å². The lowest BCUT2D eigenvalue weighted by Gasteiger charge is -2.07. The molecule has 8 nitrogen and oxygen atoms in total. The zero-order valence-corrected chi connectivity index (χ0v) is 14.9. The molecule has 3 rings (SSSR count). The van der Waals surface area contributed by atoms with E-state index in [1.54, 1.807) is 4.57 Å². The molecule has 0 saturated heterocycles. The van der Waals surface area contributed by atoms with E-state index in [9.17, 15) is 19.7 Å². The van der Waals surface area contributed by atoms with E-state index in [1.807, 2.05) is 24.3 Å². The summed E-state index contributed by atoms with van der Waals surface area (Å²) in [6.07, 6.45) is 1.38. The molecule has 0 aliphatic heterocycles. The van der Waals surface area contributed by atoms with Gasteiger partial charge in [0.1, 0.15) is 0 Å². The van der Waals surface area contributed by atoms with Crippen molar-refractivity contribution in [2.75, 3.05) is 5.32 Å². The van der Waals surface area contributed by atoms with Gasteiger partial charge in [0.25, 0.3) is 11.6 Å². The third kappa shape index (κ3) is 3.82. The molecule has 27 heavy (non-hydrogen) atoms. The Kier molecular flexibility index (Phi) is 4.95. The molecule has 1 heterocycles. The number of nitro benzene ring substituents is 1. The van der Waals surface area contributed by atoms with Crippen molar-refractivity contribution >= 4 is 52.5 Å². The highest BCUT2D eigenvalue weighted by Crippen LogP contribution is 2.18. The summed E-state index contributed by atoms with van der Waals surface area (Å²) in [5.74, 6) is -1.08. The van der Waals surface area contributed by atoms with Crippen LogP contribution >= 0.6 is 12.2 Å². The number of para-hydroxylation sites is 2. The van der Waals surface area contributed by atoms with Crippen LogP contribution in [0.2, 0.25) is 0 Å². The van der Waals surface area contributed by atoms with Crippen molar-refractivity contribution in [2.24, 2.45) is 0 Å². The highest BCUT2D eigenvalue weighted by Gasteiger charge is 2.16. The van der Waals surface area contributed by atoms with Crippen molar-refractivity contribution in [2.45, 2.75) is 6.92 Å². The van der Waals surface area contributed by atoms with Crippen LogP contribution in [0, 0.1) is 14.9 Å². The lowest BCUT2D eigenvalue weighted by atomic mass is 10.1. The van der Waals surface area contributed by atoms with Gasteiger partial charge in [-0.05, 0) is 43.4 Å². The van der Waals surface area contributed by atoms with E-state index in [0.717, 1.165) is 11.0 Å². The van der Waals surface area contributed by atoms with Crippen LogP contribution in [0.15, 0.2) is 54.1 Å². The van der Waals surface area contributed by atoms with E-state index in [2.05, 4.69) is 10.3 Å². The fourth-order valence-corrected chi connectivity index (χ4v) is 2.77. The number of H-pyrrole nitrogens is 1. The van der Waals surface area contributed by atoms with Gasteiger partial charge < -0.3 is 10.3 Å². The number of nitrogens with zero attached hydrogens (tertiary/aromatic N) is 2. The fraction of sp³-hybridized carbons (Fsp3) is 0.0556. The second kappa shape index (κ2) is 7.34. The van der Waals surface area contributed by atoms with Gasteiger partial charge in [-0.2, -0.15) is 0 Å². The second-order valence-corrected chi connectivity index (χ2v) is 6.06. The molecule has 0 spiro atoms. The predicted octanol–water partition coefficient (Wildman–Crippen LogP) is 3.68.